The Balaban J connectivity index is 0.962. The minimum Gasteiger partial charge on any atom is -0.459 e. The van der Waals surface area contributed by atoms with E-state index in [0.717, 1.165) is 46.2 Å². The number of carbonyl (C=O) groups excluding carboxylic acids is 5. The summed E-state index contributed by atoms with van der Waals surface area (Å²) < 4.78 is 11.7. The Hall–Kier alpha value is -5.97. The zero-order valence-electron chi connectivity index (χ0n) is 33.6. The third-order valence-electron chi connectivity index (χ3n) is 12.6. The zero-order chi connectivity index (χ0) is 40.9. The minimum absolute atomic E-state index is 0.106. The Morgan fingerprint density at radius 3 is 1.85 bits per heavy atom. The molecule has 59 heavy (non-hydrogen) atoms. The summed E-state index contributed by atoms with van der Waals surface area (Å²) in [6.07, 6.45) is 3.85. The topological polar surface area (TPSA) is 117 Å². The van der Waals surface area contributed by atoms with Gasteiger partial charge in [-0.25, -0.2) is 9.59 Å². The number of hydrogen-bond donors (Lipinski definition) is 0. The summed E-state index contributed by atoms with van der Waals surface area (Å²) in [5.41, 5.74) is 6.23. The van der Waals surface area contributed by atoms with Crippen molar-refractivity contribution in [1.82, 2.24) is 19.6 Å². The molecule has 3 fully saturated rings. The molecule has 4 aliphatic rings. The lowest BCUT2D eigenvalue weighted by atomic mass is 9.97. The largest absolute Gasteiger partial charge is 0.459 e. The third kappa shape index (κ3) is 8.33. The van der Waals surface area contributed by atoms with Gasteiger partial charge in [-0.15, -0.1) is 0 Å². The normalized spacial score (nSPS) is 20.4. The van der Waals surface area contributed by atoms with Crippen molar-refractivity contribution in [3.8, 4) is 11.1 Å². The number of amides is 4. The second-order valence-electron chi connectivity index (χ2n) is 16.1. The van der Waals surface area contributed by atoms with Crippen LogP contribution >= 0.6 is 0 Å². The molecule has 0 unspecified atom stereocenters. The number of ether oxygens (including phenoxy) is 2. The molecule has 0 N–H and O–H groups in total. The van der Waals surface area contributed by atoms with E-state index in [-0.39, 0.29) is 43.3 Å². The highest BCUT2D eigenvalue weighted by Crippen LogP contribution is 2.44. The predicted molar refractivity (Wildman–Crippen MR) is 222 cm³/mol. The van der Waals surface area contributed by atoms with E-state index in [9.17, 15) is 24.0 Å². The van der Waals surface area contributed by atoms with Crippen LogP contribution in [0.1, 0.15) is 73.1 Å². The van der Waals surface area contributed by atoms with Crippen molar-refractivity contribution in [2.75, 3.05) is 33.3 Å². The smallest absolute Gasteiger partial charge is 0.410 e. The Labute approximate surface area is 345 Å². The Morgan fingerprint density at radius 2 is 1.17 bits per heavy atom. The van der Waals surface area contributed by atoms with Gasteiger partial charge in [0, 0.05) is 39.0 Å². The quantitative estimate of drug-likeness (QED) is 0.158. The summed E-state index contributed by atoms with van der Waals surface area (Å²) in [4.78, 5) is 77.2. The third-order valence-corrected chi connectivity index (χ3v) is 12.6. The lowest BCUT2D eigenvalue weighted by Crippen LogP contribution is -2.60. The van der Waals surface area contributed by atoms with Gasteiger partial charge < -0.3 is 24.2 Å². The van der Waals surface area contributed by atoms with Crippen LogP contribution < -0.4 is 0 Å². The van der Waals surface area contributed by atoms with Crippen LogP contribution in [0.5, 0.6) is 0 Å². The molecule has 0 spiro atoms. The van der Waals surface area contributed by atoms with Crippen molar-refractivity contribution in [1.29, 1.82) is 0 Å². The van der Waals surface area contributed by atoms with Crippen molar-refractivity contribution < 1.29 is 33.4 Å². The summed E-state index contributed by atoms with van der Waals surface area (Å²) in [7, 11) is 1.63. The number of piperidine rings is 1. The molecule has 4 amide bonds. The van der Waals surface area contributed by atoms with Crippen LogP contribution in [0.2, 0.25) is 0 Å². The van der Waals surface area contributed by atoms with E-state index in [4.69, 9.17) is 9.47 Å². The number of fused-ring (bicyclic) bond motifs is 3. The van der Waals surface area contributed by atoms with E-state index < -0.39 is 36.2 Å². The number of likely N-dealkylation sites (N-methyl/N-ethyl adjacent to an activating group) is 1. The van der Waals surface area contributed by atoms with Crippen molar-refractivity contribution in [3.05, 3.63) is 131 Å². The van der Waals surface area contributed by atoms with Crippen LogP contribution in [0, 0.1) is 0 Å². The minimum atomic E-state index is -0.921. The fourth-order valence-electron chi connectivity index (χ4n) is 9.47. The molecule has 11 heteroatoms. The monoisotopic (exact) mass is 796 g/mol. The first-order chi connectivity index (χ1) is 28.8. The number of rotatable bonds is 11. The maximum atomic E-state index is 14.7. The molecule has 4 atom stereocenters. The fraction of sp³-hybridized carbons (Fsp3) is 0.396. The first-order valence-electron chi connectivity index (χ1n) is 21.0. The Bertz CT molecular complexity index is 2120. The molecule has 4 aromatic carbocycles. The molecule has 3 saturated heterocycles. The van der Waals surface area contributed by atoms with Crippen LogP contribution in [-0.2, 0) is 41.7 Å². The molecule has 0 saturated carbocycles. The molecule has 0 aromatic heterocycles. The molecule has 3 heterocycles. The maximum absolute atomic E-state index is 14.7. The van der Waals surface area contributed by atoms with E-state index in [1.165, 1.54) is 9.80 Å². The number of nitrogens with zero attached hydrogens (tertiary/aromatic N) is 4. The Morgan fingerprint density at radius 1 is 0.610 bits per heavy atom. The van der Waals surface area contributed by atoms with Crippen molar-refractivity contribution >= 4 is 29.8 Å². The van der Waals surface area contributed by atoms with Gasteiger partial charge in [0.25, 0.3) is 0 Å². The van der Waals surface area contributed by atoms with Gasteiger partial charge in [-0.3, -0.25) is 19.3 Å². The number of benzene rings is 4. The summed E-state index contributed by atoms with van der Waals surface area (Å²) in [6, 6.07) is 32.0. The first-order valence-corrected chi connectivity index (χ1v) is 21.0. The zero-order valence-corrected chi connectivity index (χ0v) is 33.6. The van der Waals surface area contributed by atoms with Crippen LogP contribution in [0.25, 0.3) is 11.1 Å². The van der Waals surface area contributed by atoms with Crippen molar-refractivity contribution in [3.63, 3.8) is 0 Å². The SMILES string of the molecule is CN(C(=O)[C@@H]1CCCCN1C(=O)[C@H]1CCCN1C(=O)OCC1c2ccccc2-c2ccccc21)[C@H](Cc1ccccc1)C(=O)N1CCC[C@H]1C(=O)OCc1ccccc1. The van der Waals surface area contributed by atoms with E-state index in [0.29, 0.717) is 51.7 Å². The summed E-state index contributed by atoms with van der Waals surface area (Å²) >= 11 is 0. The van der Waals surface area contributed by atoms with Gasteiger partial charge in [0.15, 0.2) is 0 Å². The molecule has 3 aliphatic heterocycles. The second kappa shape index (κ2) is 17.9. The lowest BCUT2D eigenvalue weighted by molar-refractivity contribution is -0.158. The lowest BCUT2D eigenvalue weighted by Gasteiger charge is -2.41. The number of esters is 1. The van der Waals surface area contributed by atoms with E-state index in [1.807, 2.05) is 84.9 Å². The summed E-state index contributed by atoms with van der Waals surface area (Å²) in [5, 5.41) is 0. The predicted octanol–water partition coefficient (Wildman–Crippen LogP) is 6.59. The molecule has 0 radical (unpaired) electrons. The van der Waals surface area contributed by atoms with Gasteiger partial charge in [-0.1, -0.05) is 109 Å². The highest BCUT2D eigenvalue weighted by atomic mass is 16.6. The second-order valence-corrected chi connectivity index (χ2v) is 16.1. The molecular weight excluding hydrogens is 745 g/mol. The molecule has 1 aliphatic carbocycles. The average molecular weight is 797 g/mol. The molecule has 306 valence electrons. The number of likely N-dealkylation sites (tertiary alicyclic amines) is 3. The van der Waals surface area contributed by atoms with Gasteiger partial charge in [0.05, 0.1) is 0 Å². The Kier molecular flexibility index (Phi) is 12.1. The highest BCUT2D eigenvalue weighted by Gasteiger charge is 2.45. The average Bonchev–Trinajstić information content (AvgIpc) is 4.05. The highest BCUT2D eigenvalue weighted by molar-refractivity contribution is 5.95. The van der Waals surface area contributed by atoms with Crippen LogP contribution in [0.15, 0.2) is 109 Å². The van der Waals surface area contributed by atoms with Gasteiger partial charge in [-0.05, 0) is 78.3 Å². The van der Waals surface area contributed by atoms with Crippen molar-refractivity contribution in [2.24, 2.45) is 0 Å². The van der Waals surface area contributed by atoms with Gasteiger partial charge in [-0.2, -0.15) is 0 Å². The van der Waals surface area contributed by atoms with Crippen LogP contribution in [0.4, 0.5) is 4.79 Å². The summed E-state index contributed by atoms with van der Waals surface area (Å²) in [5.74, 6) is -1.50. The molecule has 11 nitrogen and oxygen atoms in total. The van der Waals surface area contributed by atoms with Gasteiger partial charge in [0.2, 0.25) is 17.7 Å². The van der Waals surface area contributed by atoms with Crippen LogP contribution in [0.3, 0.4) is 0 Å². The molecular formula is C48H52N4O7. The summed E-state index contributed by atoms with van der Waals surface area (Å²) in [6.45, 7) is 1.39. The number of hydrogen-bond acceptors (Lipinski definition) is 7. The van der Waals surface area contributed by atoms with E-state index in [2.05, 4.69) is 24.3 Å². The van der Waals surface area contributed by atoms with E-state index in [1.54, 1.807) is 16.8 Å². The van der Waals surface area contributed by atoms with Gasteiger partial charge >= 0.3 is 12.1 Å². The molecule has 4 aromatic rings. The van der Waals surface area contributed by atoms with Crippen LogP contribution in [-0.4, -0.2) is 107 Å². The number of carbonyl (C=O) groups is 5. The van der Waals surface area contributed by atoms with E-state index >= 15 is 0 Å². The maximum Gasteiger partial charge on any atom is 0.410 e. The van der Waals surface area contributed by atoms with Crippen molar-refractivity contribution in [2.45, 2.75) is 88.1 Å². The fourth-order valence-corrected chi connectivity index (χ4v) is 9.47. The first kappa shape index (κ1) is 39.8. The van der Waals surface area contributed by atoms with Gasteiger partial charge in [0.1, 0.15) is 37.4 Å². The standard InChI is InChI=1S/C48H52N4O7/c1-49(43(30-33-16-4-2-5-17-33)46(55)51-28-15-26-42(51)47(56)58-31-34-18-6-3-7-19-34)44(53)40-24-12-13-27-50(40)45(54)41-25-14-29-52(41)48(57)59-32-39-37-22-10-8-20-35(37)36-21-9-11-23-38(36)39/h2-11,16-23,39-43H,12-15,24-32H2,1H3/t40-,41+,42-,43+/m0/s1. The molecule has 0 bridgehead atoms. The molecule has 8 rings (SSSR count).